The van der Waals surface area contributed by atoms with Gasteiger partial charge in [-0.05, 0) is 32.7 Å². The molecule has 0 unspecified atom stereocenters. The van der Waals surface area contributed by atoms with Crippen LogP contribution in [0.1, 0.15) is 41.0 Å². The minimum absolute atomic E-state index is 0.0806. The van der Waals surface area contributed by atoms with Crippen molar-refractivity contribution in [1.29, 1.82) is 0 Å². The normalized spacial score (nSPS) is 12.8. The van der Waals surface area contributed by atoms with Crippen LogP contribution in [0.2, 0.25) is 0 Å². The summed E-state index contributed by atoms with van der Waals surface area (Å²) in [5, 5.41) is 0. The molecule has 0 aromatic rings. The second kappa shape index (κ2) is 8.04. The largest absolute Gasteiger partial charge is 0.380 e. The highest BCUT2D eigenvalue weighted by atomic mass is 16.5. The van der Waals surface area contributed by atoms with Gasteiger partial charge < -0.3 is 10.5 Å². The topological polar surface area (TPSA) is 38.5 Å². The molecule has 0 amide bonds. The lowest BCUT2D eigenvalue weighted by Crippen LogP contribution is -2.50. The molecule has 0 bridgehead atoms. The number of nitrogens with zero attached hydrogens (tertiary/aromatic N) is 1. The predicted molar refractivity (Wildman–Crippen MR) is 70.7 cm³/mol. The van der Waals surface area contributed by atoms with Crippen molar-refractivity contribution in [3.63, 3.8) is 0 Å². The van der Waals surface area contributed by atoms with E-state index in [1.807, 2.05) is 0 Å². The molecular formula is C13H30N2O. The van der Waals surface area contributed by atoms with Crippen molar-refractivity contribution in [3.05, 3.63) is 0 Å². The molecular weight excluding hydrogens is 200 g/mol. The molecule has 0 saturated heterocycles. The molecule has 0 aliphatic carbocycles. The summed E-state index contributed by atoms with van der Waals surface area (Å²) < 4.78 is 5.63. The van der Waals surface area contributed by atoms with E-state index in [1.165, 1.54) is 0 Å². The van der Waals surface area contributed by atoms with E-state index in [-0.39, 0.29) is 5.54 Å². The molecule has 0 saturated carbocycles. The zero-order valence-electron chi connectivity index (χ0n) is 11.8. The number of nitrogens with two attached hydrogens (primary N) is 1. The van der Waals surface area contributed by atoms with Gasteiger partial charge in [0.05, 0.1) is 6.61 Å². The van der Waals surface area contributed by atoms with Gasteiger partial charge in [-0.1, -0.05) is 20.8 Å². The van der Waals surface area contributed by atoms with Crippen LogP contribution in [0, 0.1) is 5.92 Å². The smallest absolute Gasteiger partial charge is 0.0593 e. The van der Waals surface area contributed by atoms with Crippen LogP contribution in [-0.4, -0.2) is 43.3 Å². The van der Waals surface area contributed by atoms with Gasteiger partial charge in [0.25, 0.3) is 0 Å². The molecule has 0 aliphatic heterocycles. The Bertz CT molecular complexity index is 169. The highest BCUT2D eigenvalue weighted by Crippen LogP contribution is 2.12. The highest BCUT2D eigenvalue weighted by molar-refractivity contribution is 4.82. The van der Waals surface area contributed by atoms with Gasteiger partial charge in [0.2, 0.25) is 0 Å². The molecule has 16 heavy (non-hydrogen) atoms. The molecule has 0 rings (SSSR count). The quantitative estimate of drug-likeness (QED) is 0.617. The monoisotopic (exact) mass is 230 g/mol. The van der Waals surface area contributed by atoms with E-state index in [9.17, 15) is 0 Å². The van der Waals surface area contributed by atoms with Crippen molar-refractivity contribution in [1.82, 2.24) is 4.90 Å². The van der Waals surface area contributed by atoms with Crippen LogP contribution in [0.15, 0.2) is 0 Å². The van der Waals surface area contributed by atoms with Gasteiger partial charge in [-0.2, -0.15) is 0 Å². The number of hydrogen-bond acceptors (Lipinski definition) is 3. The fourth-order valence-corrected chi connectivity index (χ4v) is 1.61. The van der Waals surface area contributed by atoms with Crippen LogP contribution >= 0.6 is 0 Å². The first kappa shape index (κ1) is 15.9. The summed E-state index contributed by atoms with van der Waals surface area (Å²) in [6.07, 6.45) is 1.16. The lowest BCUT2D eigenvalue weighted by Gasteiger charge is -2.37. The van der Waals surface area contributed by atoms with Crippen LogP contribution in [0.25, 0.3) is 0 Å². The molecule has 0 spiro atoms. The molecule has 3 heteroatoms. The molecule has 98 valence electrons. The Morgan fingerprint density at radius 2 is 1.88 bits per heavy atom. The lowest BCUT2D eigenvalue weighted by molar-refractivity contribution is 0.0508. The fraction of sp³-hybridized carbons (Fsp3) is 1.00. The van der Waals surface area contributed by atoms with Crippen LogP contribution in [0.4, 0.5) is 0 Å². The molecule has 0 heterocycles. The molecule has 0 atom stereocenters. The Balaban J connectivity index is 3.94. The molecule has 3 nitrogen and oxygen atoms in total. The van der Waals surface area contributed by atoms with Gasteiger partial charge >= 0.3 is 0 Å². The predicted octanol–water partition coefficient (Wildman–Crippen LogP) is 2.11. The fourth-order valence-electron chi connectivity index (χ4n) is 1.61. The maximum atomic E-state index is 5.81. The van der Waals surface area contributed by atoms with Crippen molar-refractivity contribution in [2.75, 3.05) is 32.8 Å². The van der Waals surface area contributed by atoms with Crippen molar-refractivity contribution in [2.24, 2.45) is 11.7 Å². The highest BCUT2D eigenvalue weighted by Gasteiger charge is 2.23. The molecule has 0 aliphatic rings. The maximum absolute atomic E-state index is 5.81. The molecule has 0 fully saturated rings. The number of hydrogen-bond donors (Lipinski definition) is 1. The van der Waals surface area contributed by atoms with Gasteiger partial charge in [0, 0.05) is 25.2 Å². The Morgan fingerprint density at radius 1 is 1.25 bits per heavy atom. The van der Waals surface area contributed by atoms with Crippen LogP contribution in [0.5, 0.6) is 0 Å². The first-order valence-corrected chi connectivity index (χ1v) is 6.47. The molecule has 0 aromatic carbocycles. The van der Waals surface area contributed by atoms with E-state index in [0.717, 1.165) is 32.7 Å². The third kappa shape index (κ3) is 6.46. The van der Waals surface area contributed by atoms with Crippen LogP contribution in [0.3, 0.4) is 0 Å². The summed E-state index contributed by atoms with van der Waals surface area (Å²) in [6.45, 7) is 15.4. The average Bonchev–Trinajstić information content (AvgIpc) is 2.22. The Kier molecular flexibility index (Phi) is 7.98. The minimum atomic E-state index is 0.0806. The van der Waals surface area contributed by atoms with Gasteiger partial charge in [-0.3, -0.25) is 4.90 Å². The summed E-state index contributed by atoms with van der Waals surface area (Å²) in [5.41, 5.74) is 5.89. The second-order valence-electron chi connectivity index (χ2n) is 5.47. The Labute approximate surface area is 101 Å². The van der Waals surface area contributed by atoms with Gasteiger partial charge in [0.15, 0.2) is 0 Å². The zero-order chi connectivity index (χ0) is 12.6. The number of rotatable bonds is 9. The van der Waals surface area contributed by atoms with E-state index in [2.05, 4.69) is 39.5 Å². The SMILES string of the molecule is CCCN(CCOCC(C)C)C(C)(C)CN. The minimum Gasteiger partial charge on any atom is -0.380 e. The van der Waals surface area contributed by atoms with Crippen molar-refractivity contribution in [3.8, 4) is 0 Å². The summed E-state index contributed by atoms with van der Waals surface area (Å²) in [7, 11) is 0. The molecule has 0 aromatic heterocycles. The van der Waals surface area contributed by atoms with Crippen LogP contribution in [-0.2, 0) is 4.74 Å². The van der Waals surface area contributed by atoms with Gasteiger partial charge in [0.1, 0.15) is 0 Å². The summed E-state index contributed by atoms with van der Waals surface area (Å²) in [4.78, 5) is 2.42. The second-order valence-corrected chi connectivity index (χ2v) is 5.47. The summed E-state index contributed by atoms with van der Waals surface area (Å²) in [6, 6.07) is 0. The van der Waals surface area contributed by atoms with Crippen LogP contribution < -0.4 is 5.73 Å². The van der Waals surface area contributed by atoms with Gasteiger partial charge in [-0.15, -0.1) is 0 Å². The van der Waals surface area contributed by atoms with E-state index in [4.69, 9.17) is 10.5 Å². The third-order valence-corrected chi connectivity index (χ3v) is 2.81. The maximum Gasteiger partial charge on any atom is 0.0593 e. The average molecular weight is 230 g/mol. The van der Waals surface area contributed by atoms with Crippen molar-refractivity contribution in [2.45, 2.75) is 46.6 Å². The van der Waals surface area contributed by atoms with Gasteiger partial charge in [-0.25, -0.2) is 0 Å². The Morgan fingerprint density at radius 3 is 2.31 bits per heavy atom. The standard InChI is InChI=1S/C13H30N2O/c1-6-7-15(13(4,5)11-14)8-9-16-10-12(2)3/h12H,6-11,14H2,1-5H3. The molecule has 2 N–H and O–H groups in total. The first-order chi connectivity index (χ1) is 7.44. The third-order valence-electron chi connectivity index (χ3n) is 2.81. The first-order valence-electron chi connectivity index (χ1n) is 6.47. The van der Waals surface area contributed by atoms with E-state index < -0.39 is 0 Å². The van der Waals surface area contributed by atoms with E-state index >= 15 is 0 Å². The van der Waals surface area contributed by atoms with E-state index in [0.29, 0.717) is 12.5 Å². The summed E-state index contributed by atoms with van der Waals surface area (Å²) >= 11 is 0. The summed E-state index contributed by atoms with van der Waals surface area (Å²) in [5.74, 6) is 0.613. The van der Waals surface area contributed by atoms with E-state index in [1.54, 1.807) is 0 Å². The molecule has 0 radical (unpaired) electrons. The zero-order valence-corrected chi connectivity index (χ0v) is 11.8. The lowest BCUT2D eigenvalue weighted by atomic mass is 10.0. The van der Waals surface area contributed by atoms with Crippen molar-refractivity contribution >= 4 is 0 Å². The van der Waals surface area contributed by atoms with Crippen molar-refractivity contribution < 1.29 is 4.74 Å². The Hall–Kier alpha value is -0.120. The number of ether oxygens (including phenoxy) is 1.